The smallest absolute Gasteiger partial charge is 0.340 e. The molecule has 0 radical (unpaired) electrons. The number of hydrogen-bond acceptors (Lipinski definition) is 5. The Balaban J connectivity index is 1.57. The van der Waals surface area contributed by atoms with E-state index in [0.29, 0.717) is 12.4 Å². The van der Waals surface area contributed by atoms with Gasteiger partial charge in [-0.3, -0.25) is 9.78 Å². The zero-order valence-corrected chi connectivity index (χ0v) is 12.3. The second-order valence-corrected chi connectivity index (χ2v) is 5.51. The van der Waals surface area contributed by atoms with Crippen LogP contribution < -0.4 is 11.0 Å². The number of nitrogens with one attached hydrogen (secondary N) is 3. The first-order chi connectivity index (χ1) is 10.7. The van der Waals surface area contributed by atoms with Gasteiger partial charge in [-0.1, -0.05) is 30.3 Å². The van der Waals surface area contributed by atoms with Crippen LogP contribution in [0.4, 0.5) is 0 Å². The number of carbonyl (C=O) groups is 1. The van der Waals surface area contributed by atoms with Crippen molar-refractivity contribution in [3.8, 4) is 11.3 Å². The highest BCUT2D eigenvalue weighted by atomic mass is 32.1. The topological polar surface area (TPSA) is 104 Å². The summed E-state index contributed by atoms with van der Waals surface area (Å²) in [7, 11) is 0. The Morgan fingerprint density at radius 2 is 2.09 bits per heavy atom. The summed E-state index contributed by atoms with van der Waals surface area (Å²) in [6, 6.07) is 9.86. The van der Waals surface area contributed by atoms with Gasteiger partial charge < -0.3 is 5.32 Å². The Labute approximate surface area is 129 Å². The molecule has 0 aliphatic rings. The minimum Gasteiger partial charge on any atom is -0.349 e. The first-order valence-electron chi connectivity index (χ1n) is 6.61. The van der Waals surface area contributed by atoms with Crippen molar-refractivity contribution in [2.24, 2.45) is 0 Å². The Bertz CT molecular complexity index is 821. The SMILES string of the molecule is O=C(Cc1n[nH]c(=O)[nH]1)NCc1nc(-c2ccccc2)cs1. The van der Waals surface area contributed by atoms with Gasteiger partial charge in [-0.15, -0.1) is 11.3 Å². The lowest BCUT2D eigenvalue weighted by Crippen LogP contribution is -2.25. The van der Waals surface area contributed by atoms with Crippen molar-refractivity contribution in [3.63, 3.8) is 0 Å². The Kier molecular flexibility index (Phi) is 4.10. The fraction of sp³-hybridized carbons (Fsp3) is 0.143. The Morgan fingerprint density at radius 3 is 2.82 bits per heavy atom. The molecule has 3 N–H and O–H groups in total. The van der Waals surface area contributed by atoms with E-state index in [-0.39, 0.29) is 12.3 Å². The number of amides is 1. The molecule has 0 spiro atoms. The molecule has 3 rings (SSSR count). The maximum Gasteiger partial charge on any atom is 0.340 e. The second kappa shape index (κ2) is 6.35. The number of H-pyrrole nitrogens is 2. The predicted octanol–water partition coefficient (Wildman–Crippen LogP) is 1.08. The van der Waals surface area contributed by atoms with Crippen molar-refractivity contribution in [2.45, 2.75) is 13.0 Å². The van der Waals surface area contributed by atoms with Crippen LogP contribution in [0.25, 0.3) is 11.3 Å². The van der Waals surface area contributed by atoms with Crippen molar-refractivity contribution in [1.29, 1.82) is 0 Å². The van der Waals surface area contributed by atoms with Gasteiger partial charge in [0, 0.05) is 10.9 Å². The Hall–Kier alpha value is -2.74. The van der Waals surface area contributed by atoms with Crippen LogP contribution in [0.5, 0.6) is 0 Å². The van der Waals surface area contributed by atoms with E-state index in [2.05, 4.69) is 25.5 Å². The molecule has 112 valence electrons. The van der Waals surface area contributed by atoms with Gasteiger partial charge in [0.2, 0.25) is 5.91 Å². The average Bonchev–Trinajstić information content (AvgIpc) is 3.15. The average molecular weight is 315 g/mol. The maximum atomic E-state index is 11.8. The molecule has 8 heteroatoms. The van der Waals surface area contributed by atoms with Crippen LogP contribution >= 0.6 is 11.3 Å². The van der Waals surface area contributed by atoms with Crippen LogP contribution in [0.3, 0.4) is 0 Å². The molecule has 0 fully saturated rings. The summed E-state index contributed by atoms with van der Waals surface area (Å²) in [5.41, 5.74) is 1.52. The largest absolute Gasteiger partial charge is 0.349 e. The molecule has 2 aromatic heterocycles. The van der Waals surface area contributed by atoms with E-state index in [1.165, 1.54) is 11.3 Å². The van der Waals surface area contributed by atoms with Gasteiger partial charge in [0.05, 0.1) is 18.7 Å². The minimum atomic E-state index is -0.421. The van der Waals surface area contributed by atoms with Gasteiger partial charge in [0.1, 0.15) is 10.8 Å². The summed E-state index contributed by atoms with van der Waals surface area (Å²) in [6.45, 7) is 0.352. The van der Waals surface area contributed by atoms with Gasteiger partial charge in [0.15, 0.2) is 0 Å². The number of nitrogens with zero attached hydrogens (tertiary/aromatic N) is 2. The van der Waals surface area contributed by atoms with E-state index < -0.39 is 5.69 Å². The van der Waals surface area contributed by atoms with Gasteiger partial charge in [-0.2, -0.15) is 5.10 Å². The number of rotatable bonds is 5. The molecule has 0 aliphatic heterocycles. The van der Waals surface area contributed by atoms with Crippen LogP contribution in [0, 0.1) is 0 Å². The fourth-order valence-electron chi connectivity index (χ4n) is 1.91. The lowest BCUT2D eigenvalue weighted by Gasteiger charge is -2.00. The molecular weight excluding hydrogens is 302 g/mol. The van der Waals surface area contributed by atoms with Crippen LogP contribution in [-0.2, 0) is 17.8 Å². The van der Waals surface area contributed by atoms with Crippen molar-refractivity contribution in [3.05, 3.63) is 57.0 Å². The molecule has 0 unspecified atom stereocenters. The highest BCUT2D eigenvalue weighted by Gasteiger charge is 2.09. The van der Waals surface area contributed by atoms with Gasteiger partial charge in [0.25, 0.3) is 0 Å². The monoisotopic (exact) mass is 315 g/mol. The van der Waals surface area contributed by atoms with Crippen LogP contribution in [0.15, 0.2) is 40.5 Å². The molecule has 0 atom stereocenters. The number of benzene rings is 1. The molecule has 0 saturated heterocycles. The highest BCUT2D eigenvalue weighted by Crippen LogP contribution is 2.21. The summed E-state index contributed by atoms with van der Waals surface area (Å²) >= 11 is 1.49. The quantitative estimate of drug-likeness (QED) is 0.655. The summed E-state index contributed by atoms with van der Waals surface area (Å²) in [5, 5.41) is 11.4. The van der Waals surface area contributed by atoms with Gasteiger partial charge in [-0.05, 0) is 0 Å². The van der Waals surface area contributed by atoms with E-state index in [1.807, 2.05) is 35.7 Å². The zero-order valence-electron chi connectivity index (χ0n) is 11.5. The first kappa shape index (κ1) is 14.2. The molecule has 1 amide bonds. The van der Waals surface area contributed by atoms with Gasteiger partial charge >= 0.3 is 5.69 Å². The lowest BCUT2D eigenvalue weighted by atomic mass is 10.2. The number of hydrogen-bond donors (Lipinski definition) is 3. The predicted molar refractivity (Wildman–Crippen MR) is 82.3 cm³/mol. The summed E-state index contributed by atoms with van der Waals surface area (Å²) < 4.78 is 0. The van der Waals surface area contributed by atoms with Crippen LogP contribution in [0.2, 0.25) is 0 Å². The molecule has 7 nitrogen and oxygen atoms in total. The third-order valence-corrected chi connectivity index (χ3v) is 3.79. The van der Waals surface area contributed by atoms with Crippen molar-refractivity contribution >= 4 is 17.2 Å². The number of thiazole rings is 1. The van der Waals surface area contributed by atoms with Crippen LogP contribution in [-0.4, -0.2) is 26.1 Å². The zero-order chi connectivity index (χ0) is 15.4. The van der Waals surface area contributed by atoms with E-state index in [1.54, 1.807) is 0 Å². The number of carbonyl (C=O) groups excluding carboxylic acids is 1. The van der Waals surface area contributed by atoms with Crippen molar-refractivity contribution in [1.82, 2.24) is 25.5 Å². The summed E-state index contributed by atoms with van der Waals surface area (Å²) in [6.07, 6.45) is 0.0235. The maximum absolute atomic E-state index is 11.8. The van der Waals surface area contributed by atoms with E-state index >= 15 is 0 Å². The first-order valence-corrected chi connectivity index (χ1v) is 7.49. The molecule has 3 aromatic rings. The number of aromatic nitrogens is 4. The summed E-state index contributed by atoms with van der Waals surface area (Å²) in [4.78, 5) is 29.6. The summed E-state index contributed by atoms with van der Waals surface area (Å²) in [5.74, 6) is 0.0887. The normalized spacial score (nSPS) is 10.5. The van der Waals surface area contributed by atoms with Gasteiger partial charge in [-0.25, -0.2) is 14.9 Å². The minimum absolute atomic E-state index is 0.0235. The standard InChI is InChI=1S/C14H13N5O2S/c20-12(6-11-17-14(21)19-18-11)15-7-13-16-10(8-22-13)9-4-2-1-3-5-9/h1-5,8H,6-7H2,(H,15,20)(H2,17,18,19,21). The molecule has 0 bridgehead atoms. The van der Waals surface area contributed by atoms with Crippen molar-refractivity contribution in [2.75, 3.05) is 0 Å². The lowest BCUT2D eigenvalue weighted by molar-refractivity contribution is -0.120. The molecular formula is C14H13N5O2S. The van der Waals surface area contributed by atoms with E-state index in [9.17, 15) is 9.59 Å². The molecule has 0 saturated carbocycles. The molecule has 0 aliphatic carbocycles. The van der Waals surface area contributed by atoms with E-state index in [0.717, 1.165) is 16.3 Å². The molecule has 2 heterocycles. The van der Waals surface area contributed by atoms with E-state index in [4.69, 9.17) is 0 Å². The second-order valence-electron chi connectivity index (χ2n) is 4.57. The third-order valence-electron chi connectivity index (χ3n) is 2.94. The Morgan fingerprint density at radius 1 is 1.27 bits per heavy atom. The van der Waals surface area contributed by atoms with Crippen LogP contribution in [0.1, 0.15) is 10.8 Å². The highest BCUT2D eigenvalue weighted by molar-refractivity contribution is 7.09. The fourth-order valence-corrected chi connectivity index (χ4v) is 2.65. The third kappa shape index (κ3) is 3.47. The molecule has 22 heavy (non-hydrogen) atoms. The van der Waals surface area contributed by atoms with Crippen molar-refractivity contribution < 1.29 is 4.79 Å². The number of aromatic amines is 2. The molecule has 1 aromatic carbocycles.